The van der Waals surface area contributed by atoms with E-state index in [0.717, 1.165) is 71.9 Å². The highest BCUT2D eigenvalue weighted by atomic mass is 16.3. The number of nitrogens with zero attached hydrogens (tertiary/aromatic N) is 5. The second-order valence-corrected chi connectivity index (χ2v) is 11.3. The Morgan fingerprint density at radius 1 is 0.383 bits per heavy atom. The average molecular weight is 604 g/mol. The quantitative estimate of drug-likeness (QED) is 0.195. The van der Waals surface area contributed by atoms with E-state index in [4.69, 9.17) is 29.3 Å². The molecule has 220 valence electrons. The first-order chi connectivity index (χ1) is 23.3. The molecule has 0 aliphatic heterocycles. The van der Waals surface area contributed by atoms with Gasteiger partial charge in [-0.25, -0.2) is 15.0 Å². The predicted molar refractivity (Wildman–Crippen MR) is 187 cm³/mol. The normalized spacial score (nSPS) is 11.4. The summed E-state index contributed by atoms with van der Waals surface area (Å²) in [6.07, 6.45) is 3.67. The molecule has 0 atom stereocenters. The Kier molecular flexibility index (Phi) is 6.35. The number of para-hydroxylation sites is 1. The van der Waals surface area contributed by atoms with Crippen molar-refractivity contribution in [2.24, 2.45) is 0 Å². The van der Waals surface area contributed by atoms with Gasteiger partial charge in [0.15, 0.2) is 23.1 Å². The fourth-order valence-electron chi connectivity index (χ4n) is 6.23. The number of furan rings is 1. The van der Waals surface area contributed by atoms with Gasteiger partial charge in [0.25, 0.3) is 0 Å². The second kappa shape index (κ2) is 11.1. The summed E-state index contributed by atoms with van der Waals surface area (Å²) in [5, 5.41) is 4.15. The SMILES string of the molecule is c1ccc(-c2nc(-c3ccccc3)nc(-c3cccc(-c4cccc5c(-c6nccc7c6oc6ccccc67)nccc45)c3)n2)cc1. The first-order valence-corrected chi connectivity index (χ1v) is 15.4. The second-order valence-electron chi connectivity index (χ2n) is 11.3. The van der Waals surface area contributed by atoms with Crippen LogP contribution in [0.15, 0.2) is 156 Å². The first-order valence-electron chi connectivity index (χ1n) is 15.4. The molecule has 0 fully saturated rings. The van der Waals surface area contributed by atoms with E-state index in [-0.39, 0.29) is 0 Å². The third kappa shape index (κ3) is 4.71. The molecule has 0 aliphatic carbocycles. The highest BCUT2D eigenvalue weighted by Gasteiger charge is 2.18. The topological polar surface area (TPSA) is 77.6 Å². The molecule has 0 unspecified atom stereocenters. The average Bonchev–Trinajstić information content (AvgIpc) is 3.54. The van der Waals surface area contributed by atoms with Crippen molar-refractivity contribution in [3.63, 3.8) is 0 Å². The van der Waals surface area contributed by atoms with E-state index in [0.29, 0.717) is 17.5 Å². The standard InChI is InChI=1S/C41H25N5O/c1-3-11-26(12-4-1)39-44-40(27-13-5-2-6-14-27)46-41(45-39)29-16-9-15-28(25-29)30-18-10-19-33-31(30)21-23-42-36(33)37-38-34(22-24-43-37)32-17-7-8-20-35(32)47-38/h1-25H. The van der Waals surface area contributed by atoms with Crippen LogP contribution in [0.4, 0.5) is 0 Å². The van der Waals surface area contributed by atoms with Gasteiger partial charge in [0.1, 0.15) is 17.0 Å². The van der Waals surface area contributed by atoms with Crippen LogP contribution in [0.1, 0.15) is 0 Å². The van der Waals surface area contributed by atoms with Gasteiger partial charge in [-0.15, -0.1) is 0 Å². The predicted octanol–water partition coefficient (Wildman–Crippen LogP) is 10.0. The molecule has 0 saturated carbocycles. The van der Waals surface area contributed by atoms with E-state index in [9.17, 15) is 0 Å². The van der Waals surface area contributed by atoms with Crippen molar-refractivity contribution >= 4 is 32.7 Å². The molecule has 0 radical (unpaired) electrons. The van der Waals surface area contributed by atoms with Gasteiger partial charge >= 0.3 is 0 Å². The number of fused-ring (bicyclic) bond motifs is 4. The minimum atomic E-state index is 0.614. The Balaban J connectivity index is 1.19. The Bertz CT molecular complexity index is 2520. The van der Waals surface area contributed by atoms with Gasteiger partial charge in [-0.3, -0.25) is 9.97 Å². The van der Waals surface area contributed by atoms with Gasteiger partial charge in [-0.2, -0.15) is 0 Å². The maximum absolute atomic E-state index is 6.33. The first kappa shape index (κ1) is 26.8. The van der Waals surface area contributed by atoms with Crippen LogP contribution < -0.4 is 0 Å². The molecule has 0 aliphatic rings. The van der Waals surface area contributed by atoms with Gasteiger partial charge in [0.05, 0.1) is 0 Å². The van der Waals surface area contributed by atoms with Crippen molar-refractivity contribution < 1.29 is 4.42 Å². The Labute approximate surface area is 270 Å². The minimum Gasteiger partial charge on any atom is -0.454 e. The van der Waals surface area contributed by atoms with Crippen molar-refractivity contribution in [2.45, 2.75) is 0 Å². The van der Waals surface area contributed by atoms with Crippen LogP contribution in [0.2, 0.25) is 0 Å². The zero-order chi connectivity index (χ0) is 31.2. The molecule has 6 nitrogen and oxygen atoms in total. The van der Waals surface area contributed by atoms with Gasteiger partial charge in [0, 0.05) is 45.2 Å². The van der Waals surface area contributed by atoms with E-state index >= 15 is 0 Å². The molecule has 0 bridgehead atoms. The lowest BCUT2D eigenvalue weighted by Crippen LogP contribution is -2.00. The van der Waals surface area contributed by atoms with Crippen LogP contribution in [0.25, 0.3) is 89.4 Å². The van der Waals surface area contributed by atoms with Crippen LogP contribution in [0.3, 0.4) is 0 Å². The van der Waals surface area contributed by atoms with E-state index in [1.54, 1.807) is 0 Å². The van der Waals surface area contributed by atoms with Crippen molar-refractivity contribution in [3.8, 4) is 56.7 Å². The number of rotatable bonds is 5. The summed E-state index contributed by atoms with van der Waals surface area (Å²) in [5.74, 6) is 1.88. The lowest BCUT2D eigenvalue weighted by atomic mass is 9.96. The number of pyridine rings is 2. The number of hydrogen-bond donors (Lipinski definition) is 0. The molecular weight excluding hydrogens is 578 g/mol. The summed E-state index contributed by atoms with van der Waals surface area (Å²) in [7, 11) is 0. The molecule has 9 rings (SSSR count). The molecule has 4 heterocycles. The van der Waals surface area contributed by atoms with Crippen molar-refractivity contribution in [1.29, 1.82) is 0 Å². The number of benzene rings is 5. The van der Waals surface area contributed by atoms with Gasteiger partial charge in [0.2, 0.25) is 0 Å². The molecular formula is C41H25N5O. The van der Waals surface area contributed by atoms with Crippen LogP contribution in [-0.4, -0.2) is 24.9 Å². The van der Waals surface area contributed by atoms with Crippen LogP contribution in [-0.2, 0) is 0 Å². The molecule has 6 heteroatoms. The van der Waals surface area contributed by atoms with Crippen molar-refractivity contribution in [2.75, 3.05) is 0 Å². The lowest BCUT2D eigenvalue weighted by Gasteiger charge is -2.12. The molecule has 5 aromatic carbocycles. The summed E-state index contributed by atoms with van der Waals surface area (Å²) < 4.78 is 6.33. The van der Waals surface area contributed by atoms with Gasteiger partial charge < -0.3 is 4.42 Å². The fourth-order valence-corrected chi connectivity index (χ4v) is 6.23. The molecule has 0 spiro atoms. The van der Waals surface area contributed by atoms with Crippen LogP contribution >= 0.6 is 0 Å². The molecule has 9 aromatic rings. The summed E-state index contributed by atoms with van der Waals surface area (Å²) >= 11 is 0. The van der Waals surface area contributed by atoms with Crippen LogP contribution in [0, 0.1) is 0 Å². The zero-order valence-corrected chi connectivity index (χ0v) is 25.1. The maximum atomic E-state index is 6.33. The van der Waals surface area contributed by atoms with E-state index in [1.165, 1.54) is 0 Å². The molecule has 4 aromatic heterocycles. The smallest absolute Gasteiger partial charge is 0.164 e. The summed E-state index contributed by atoms with van der Waals surface area (Å²) in [5.41, 5.74) is 7.97. The molecule has 0 saturated heterocycles. The Morgan fingerprint density at radius 2 is 0.936 bits per heavy atom. The number of hydrogen-bond acceptors (Lipinski definition) is 6. The van der Waals surface area contributed by atoms with Gasteiger partial charge in [-0.1, -0.05) is 115 Å². The van der Waals surface area contributed by atoms with E-state index in [2.05, 4.69) is 48.5 Å². The zero-order valence-electron chi connectivity index (χ0n) is 25.1. The minimum absolute atomic E-state index is 0.614. The number of aromatic nitrogens is 5. The highest BCUT2D eigenvalue weighted by Crippen LogP contribution is 2.38. The van der Waals surface area contributed by atoms with Crippen molar-refractivity contribution in [3.05, 3.63) is 152 Å². The van der Waals surface area contributed by atoms with Crippen LogP contribution in [0.5, 0.6) is 0 Å². The third-order valence-corrected chi connectivity index (χ3v) is 8.46. The van der Waals surface area contributed by atoms with Crippen molar-refractivity contribution in [1.82, 2.24) is 24.9 Å². The fraction of sp³-hybridized carbons (Fsp3) is 0. The monoisotopic (exact) mass is 603 g/mol. The molecule has 0 amide bonds. The van der Waals surface area contributed by atoms with E-state index < -0.39 is 0 Å². The molecule has 0 N–H and O–H groups in total. The largest absolute Gasteiger partial charge is 0.454 e. The maximum Gasteiger partial charge on any atom is 0.164 e. The molecule has 47 heavy (non-hydrogen) atoms. The summed E-state index contributed by atoms with van der Waals surface area (Å²) in [6, 6.07) is 46.8. The van der Waals surface area contributed by atoms with E-state index in [1.807, 2.05) is 103 Å². The third-order valence-electron chi connectivity index (χ3n) is 8.46. The Morgan fingerprint density at radius 3 is 1.68 bits per heavy atom. The Hall–Kier alpha value is -6.53. The summed E-state index contributed by atoms with van der Waals surface area (Å²) in [4.78, 5) is 24.3. The lowest BCUT2D eigenvalue weighted by molar-refractivity contribution is 0.668. The van der Waals surface area contributed by atoms with Gasteiger partial charge in [-0.05, 0) is 40.8 Å². The summed E-state index contributed by atoms with van der Waals surface area (Å²) in [6.45, 7) is 0. The highest BCUT2D eigenvalue weighted by molar-refractivity contribution is 6.11.